The van der Waals surface area contributed by atoms with E-state index in [-0.39, 0.29) is 17.5 Å². The van der Waals surface area contributed by atoms with Crippen LogP contribution in [0, 0.1) is 19.7 Å². The highest BCUT2D eigenvalue weighted by molar-refractivity contribution is 6.02. The van der Waals surface area contributed by atoms with Crippen LogP contribution in [0.1, 0.15) is 64.0 Å². The van der Waals surface area contributed by atoms with Crippen molar-refractivity contribution in [1.82, 2.24) is 20.1 Å². The number of aromatic nitrogens is 3. The zero-order chi connectivity index (χ0) is 22.5. The number of ketones is 1. The first-order valence-electron chi connectivity index (χ1n) is 10.5. The first-order chi connectivity index (χ1) is 14.8. The monoisotopic (exact) mass is 424 g/mol. The Balaban J connectivity index is 1.45. The average molecular weight is 425 g/mol. The molecule has 0 saturated carbocycles. The summed E-state index contributed by atoms with van der Waals surface area (Å²) < 4.78 is 13.4. The summed E-state index contributed by atoms with van der Waals surface area (Å²) in [5, 5.41) is 7.29. The number of aryl methyl sites for hydroxylation is 2. The maximum Gasteiger partial charge on any atom is 0.270 e. The van der Waals surface area contributed by atoms with Crippen molar-refractivity contribution in [2.45, 2.75) is 46.5 Å². The number of carbonyl (C=O) groups excluding carboxylic acids is 2. The molecule has 0 spiro atoms. The molecule has 0 unspecified atom stereocenters. The Morgan fingerprint density at radius 1 is 1.13 bits per heavy atom. The summed E-state index contributed by atoms with van der Waals surface area (Å²) in [6.45, 7) is 5.78. The molecule has 0 atom stereocenters. The molecule has 0 fully saturated rings. The third-order valence-electron chi connectivity index (χ3n) is 5.54. The molecule has 164 valence electrons. The quantitative estimate of drug-likeness (QED) is 0.381. The zero-order valence-electron chi connectivity index (χ0n) is 18.5. The lowest BCUT2D eigenvalue weighted by molar-refractivity contribution is 0.0786. The molecule has 2 aromatic heterocycles. The molecule has 0 aliphatic carbocycles. The molecule has 31 heavy (non-hydrogen) atoms. The lowest BCUT2D eigenvalue weighted by atomic mass is 10.1. The van der Waals surface area contributed by atoms with Crippen LogP contribution in [0.2, 0.25) is 0 Å². The van der Waals surface area contributed by atoms with E-state index in [4.69, 9.17) is 0 Å². The maximum absolute atomic E-state index is 13.4. The Bertz CT molecular complexity index is 1080. The van der Waals surface area contributed by atoms with Crippen molar-refractivity contribution in [3.8, 4) is 11.3 Å². The number of aromatic amines is 2. The number of H-pyrrole nitrogens is 2. The molecule has 7 heteroatoms. The highest BCUT2D eigenvalue weighted by atomic mass is 19.1. The number of rotatable bonds is 9. The summed E-state index contributed by atoms with van der Waals surface area (Å²) in [5.41, 5.74) is 5.06. The van der Waals surface area contributed by atoms with E-state index in [0.717, 1.165) is 53.9 Å². The van der Waals surface area contributed by atoms with Gasteiger partial charge in [0.25, 0.3) is 5.91 Å². The van der Waals surface area contributed by atoms with Gasteiger partial charge in [0.15, 0.2) is 5.78 Å². The van der Waals surface area contributed by atoms with E-state index >= 15 is 0 Å². The van der Waals surface area contributed by atoms with E-state index in [2.05, 4.69) is 15.2 Å². The predicted molar refractivity (Wildman–Crippen MR) is 119 cm³/mol. The van der Waals surface area contributed by atoms with Gasteiger partial charge in [0.2, 0.25) is 0 Å². The molecule has 3 aromatic rings. The normalized spacial score (nSPS) is 11.0. The molecule has 1 amide bonds. The van der Waals surface area contributed by atoms with Gasteiger partial charge in [-0.05, 0) is 63.8 Å². The molecule has 0 aliphatic heterocycles. The Kier molecular flexibility index (Phi) is 7.05. The van der Waals surface area contributed by atoms with E-state index < -0.39 is 0 Å². The summed E-state index contributed by atoms with van der Waals surface area (Å²) in [4.78, 5) is 29.3. The maximum atomic E-state index is 13.4. The Hall–Kier alpha value is -3.22. The Labute approximate surface area is 181 Å². The van der Waals surface area contributed by atoms with Gasteiger partial charge in [-0.25, -0.2) is 4.39 Å². The van der Waals surface area contributed by atoms with Crippen LogP contribution in [0.25, 0.3) is 11.3 Å². The first kappa shape index (κ1) is 22.5. The summed E-state index contributed by atoms with van der Waals surface area (Å²) in [6.07, 6.45) is 3.65. The molecule has 3 rings (SSSR count). The third kappa shape index (κ3) is 5.29. The molecule has 0 radical (unpaired) electrons. The van der Waals surface area contributed by atoms with Crippen LogP contribution in [0.15, 0.2) is 30.3 Å². The number of unbranched alkanes of at least 4 members (excludes halogenated alkanes) is 2. The third-order valence-corrected chi connectivity index (χ3v) is 5.54. The van der Waals surface area contributed by atoms with Crippen molar-refractivity contribution in [3.63, 3.8) is 0 Å². The van der Waals surface area contributed by atoms with Gasteiger partial charge in [0, 0.05) is 36.1 Å². The zero-order valence-corrected chi connectivity index (χ0v) is 18.5. The summed E-state index contributed by atoms with van der Waals surface area (Å²) in [5.74, 6) is -0.406. The SMILES string of the molecule is CC(=O)c1c(C)[nH]c(C(=O)N(C)CCCCCc2cc(-c3cccc(F)c3)n[nH]2)c1C. The van der Waals surface area contributed by atoms with Crippen molar-refractivity contribution >= 4 is 11.7 Å². The average Bonchev–Trinajstić information content (AvgIpc) is 3.31. The minimum atomic E-state index is -0.275. The predicted octanol–water partition coefficient (Wildman–Crippen LogP) is 4.85. The number of nitrogens with one attached hydrogen (secondary N) is 2. The Morgan fingerprint density at radius 3 is 2.58 bits per heavy atom. The summed E-state index contributed by atoms with van der Waals surface area (Å²) >= 11 is 0. The van der Waals surface area contributed by atoms with Crippen LogP contribution in [-0.4, -0.2) is 45.4 Å². The smallest absolute Gasteiger partial charge is 0.270 e. The molecule has 0 saturated heterocycles. The van der Waals surface area contributed by atoms with Crippen LogP contribution in [0.4, 0.5) is 4.39 Å². The van der Waals surface area contributed by atoms with Gasteiger partial charge in [-0.1, -0.05) is 18.6 Å². The number of nitrogens with zero attached hydrogens (tertiary/aromatic N) is 2. The highest BCUT2D eigenvalue weighted by Crippen LogP contribution is 2.21. The van der Waals surface area contributed by atoms with E-state index in [1.54, 1.807) is 18.0 Å². The van der Waals surface area contributed by atoms with Gasteiger partial charge in [0.1, 0.15) is 11.5 Å². The van der Waals surface area contributed by atoms with Crippen molar-refractivity contribution in [2.24, 2.45) is 0 Å². The second-order valence-electron chi connectivity index (χ2n) is 8.01. The lowest BCUT2D eigenvalue weighted by Gasteiger charge is -2.17. The topological polar surface area (TPSA) is 81.8 Å². The molecule has 6 nitrogen and oxygen atoms in total. The van der Waals surface area contributed by atoms with Crippen molar-refractivity contribution < 1.29 is 14.0 Å². The Morgan fingerprint density at radius 2 is 1.90 bits per heavy atom. The van der Waals surface area contributed by atoms with Crippen LogP contribution < -0.4 is 0 Å². The number of hydrogen-bond acceptors (Lipinski definition) is 3. The minimum Gasteiger partial charge on any atom is -0.354 e. The molecule has 2 N–H and O–H groups in total. The molecular formula is C24H29FN4O2. The molecule has 0 bridgehead atoms. The van der Waals surface area contributed by atoms with Gasteiger partial charge in [-0.3, -0.25) is 14.7 Å². The summed E-state index contributed by atoms with van der Waals surface area (Å²) in [7, 11) is 1.78. The van der Waals surface area contributed by atoms with Crippen LogP contribution in [0.5, 0.6) is 0 Å². The van der Waals surface area contributed by atoms with E-state index in [1.165, 1.54) is 19.1 Å². The van der Waals surface area contributed by atoms with Gasteiger partial charge in [-0.2, -0.15) is 5.10 Å². The van der Waals surface area contributed by atoms with Crippen LogP contribution >= 0.6 is 0 Å². The fourth-order valence-electron chi connectivity index (χ4n) is 3.91. The largest absolute Gasteiger partial charge is 0.354 e. The number of benzene rings is 1. The fourth-order valence-corrected chi connectivity index (χ4v) is 3.91. The van der Waals surface area contributed by atoms with E-state index in [9.17, 15) is 14.0 Å². The van der Waals surface area contributed by atoms with Gasteiger partial charge >= 0.3 is 0 Å². The van der Waals surface area contributed by atoms with Gasteiger partial charge in [-0.15, -0.1) is 0 Å². The molecular weight excluding hydrogens is 395 g/mol. The van der Waals surface area contributed by atoms with Crippen molar-refractivity contribution in [1.29, 1.82) is 0 Å². The van der Waals surface area contributed by atoms with Crippen molar-refractivity contribution in [3.05, 3.63) is 64.4 Å². The standard InChI is InChI=1S/C24H29FN4O2/c1-15-22(17(3)30)16(2)26-23(15)24(31)29(4)12-7-5-6-11-20-14-21(28-27-20)18-9-8-10-19(25)13-18/h8-10,13-14,26H,5-7,11-12H2,1-4H3,(H,27,28). The van der Waals surface area contributed by atoms with E-state index in [0.29, 0.717) is 17.8 Å². The number of hydrogen-bond donors (Lipinski definition) is 2. The first-order valence-corrected chi connectivity index (χ1v) is 10.5. The number of carbonyl (C=O) groups is 2. The number of amides is 1. The number of halogens is 1. The number of Topliss-reactive ketones (excluding diaryl/α,β-unsaturated/α-hetero) is 1. The van der Waals surface area contributed by atoms with Gasteiger partial charge < -0.3 is 9.88 Å². The lowest BCUT2D eigenvalue weighted by Crippen LogP contribution is -2.28. The second kappa shape index (κ2) is 9.73. The highest BCUT2D eigenvalue weighted by Gasteiger charge is 2.21. The van der Waals surface area contributed by atoms with Gasteiger partial charge in [0.05, 0.1) is 5.69 Å². The molecule has 2 heterocycles. The fraction of sp³-hybridized carbons (Fsp3) is 0.375. The summed E-state index contributed by atoms with van der Waals surface area (Å²) in [6, 6.07) is 8.35. The van der Waals surface area contributed by atoms with E-state index in [1.807, 2.05) is 26.0 Å². The van der Waals surface area contributed by atoms with Crippen LogP contribution in [0.3, 0.4) is 0 Å². The molecule has 1 aromatic carbocycles. The molecule has 0 aliphatic rings. The minimum absolute atomic E-state index is 0.0349. The second-order valence-corrected chi connectivity index (χ2v) is 8.01. The van der Waals surface area contributed by atoms with Crippen LogP contribution in [-0.2, 0) is 6.42 Å². The van der Waals surface area contributed by atoms with Crippen molar-refractivity contribution in [2.75, 3.05) is 13.6 Å².